The molecule has 0 bridgehead atoms. The van der Waals surface area contributed by atoms with E-state index in [1.165, 1.54) is 0 Å². The summed E-state index contributed by atoms with van der Waals surface area (Å²) >= 11 is 0. The van der Waals surface area contributed by atoms with E-state index < -0.39 is 0 Å². The standard InChI is InChI=1S/C21H44N6O.HI/c1-17(2)27(18(3)4)16-10-13-24-21(22-5)23-12-9-15-26-14-8-11-19(26)20(28)25(6)7;/h17-19H,8-16H2,1-7H3,(H2,22,23,24);1H. The minimum Gasteiger partial charge on any atom is -0.356 e. The molecule has 1 amide bonds. The maximum Gasteiger partial charge on any atom is 0.239 e. The normalized spacial score (nSPS) is 17.7. The summed E-state index contributed by atoms with van der Waals surface area (Å²) < 4.78 is 0. The molecule has 1 atom stereocenters. The molecule has 0 aromatic heterocycles. The highest BCUT2D eigenvalue weighted by atomic mass is 127. The van der Waals surface area contributed by atoms with Gasteiger partial charge in [-0.1, -0.05) is 0 Å². The zero-order chi connectivity index (χ0) is 21.1. The lowest BCUT2D eigenvalue weighted by molar-refractivity contribution is -0.133. The molecule has 1 aliphatic heterocycles. The van der Waals surface area contributed by atoms with E-state index in [0.717, 1.165) is 64.4 Å². The highest BCUT2D eigenvalue weighted by Gasteiger charge is 2.30. The maximum absolute atomic E-state index is 12.3. The second-order valence-electron chi connectivity index (χ2n) is 8.48. The highest BCUT2D eigenvalue weighted by Crippen LogP contribution is 2.18. The molecule has 0 radical (unpaired) electrons. The summed E-state index contributed by atoms with van der Waals surface area (Å²) in [5.74, 6) is 1.10. The second kappa shape index (κ2) is 15.2. The lowest BCUT2D eigenvalue weighted by atomic mass is 10.2. The van der Waals surface area contributed by atoms with Gasteiger partial charge in [-0.25, -0.2) is 0 Å². The van der Waals surface area contributed by atoms with Crippen LogP contribution in [0.1, 0.15) is 53.4 Å². The molecular formula is C21H45IN6O. The minimum absolute atomic E-state index is 0. The van der Waals surface area contributed by atoms with Crippen molar-refractivity contribution in [3.05, 3.63) is 0 Å². The van der Waals surface area contributed by atoms with Crippen molar-refractivity contribution in [3.8, 4) is 0 Å². The zero-order valence-corrected chi connectivity index (χ0v) is 22.0. The second-order valence-corrected chi connectivity index (χ2v) is 8.48. The zero-order valence-electron chi connectivity index (χ0n) is 19.7. The monoisotopic (exact) mass is 524 g/mol. The molecule has 8 heteroatoms. The smallest absolute Gasteiger partial charge is 0.239 e. The van der Waals surface area contributed by atoms with Crippen molar-refractivity contribution in [1.29, 1.82) is 0 Å². The fraction of sp³-hybridized carbons (Fsp3) is 0.905. The average molecular weight is 525 g/mol. The van der Waals surface area contributed by atoms with Crippen molar-refractivity contribution in [2.45, 2.75) is 71.5 Å². The van der Waals surface area contributed by atoms with Crippen LogP contribution in [0.2, 0.25) is 0 Å². The molecule has 1 unspecified atom stereocenters. The van der Waals surface area contributed by atoms with Gasteiger partial charge >= 0.3 is 0 Å². The summed E-state index contributed by atoms with van der Waals surface area (Å²) in [6, 6.07) is 1.22. The van der Waals surface area contributed by atoms with Crippen molar-refractivity contribution in [2.75, 3.05) is 53.9 Å². The van der Waals surface area contributed by atoms with E-state index in [4.69, 9.17) is 0 Å². The largest absolute Gasteiger partial charge is 0.356 e. The van der Waals surface area contributed by atoms with E-state index in [2.05, 4.69) is 53.1 Å². The van der Waals surface area contributed by atoms with Crippen LogP contribution in [0.5, 0.6) is 0 Å². The predicted octanol–water partition coefficient (Wildman–Crippen LogP) is 2.22. The number of nitrogens with zero attached hydrogens (tertiary/aromatic N) is 4. The van der Waals surface area contributed by atoms with Gasteiger partial charge in [0.25, 0.3) is 0 Å². The van der Waals surface area contributed by atoms with Crippen LogP contribution in [0.4, 0.5) is 0 Å². The molecule has 1 saturated heterocycles. The number of aliphatic imine (C=N–C) groups is 1. The van der Waals surface area contributed by atoms with Crippen LogP contribution in [-0.2, 0) is 4.79 Å². The molecule has 1 heterocycles. The lowest BCUT2D eigenvalue weighted by Gasteiger charge is -2.30. The Kier molecular flexibility index (Phi) is 14.9. The van der Waals surface area contributed by atoms with E-state index >= 15 is 0 Å². The molecule has 7 nitrogen and oxygen atoms in total. The maximum atomic E-state index is 12.3. The molecule has 1 fully saturated rings. The fourth-order valence-electron chi connectivity index (χ4n) is 3.96. The fourth-order valence-corrected chi connectivity index (χ4v) is 3.96. The van der Waals surface area contributed by atoms with Crippen molar-refractivity contribution in [2.24, 2.45) is 4.99 Å². The van der Waals surface area contributed by atoms with Gasteiger partial charge in [0, 0.05) is 59.4 Å². The van der Waals surface area contributed by atoms with Crippen LogP contribution in [0.25, 0.3) is 0 Å². The van der Waals surface area contributed by atoms with E-state index in [1.54, 1.807) is 4.90 Å². The summed E-state index contributed by atoms with van der Waals surface area (Å²) in [6.45, 7) is 13.9. The van der Waals surface area contributed by atoms with Crippen LogP contribution in [0.3, 0.4) is 0 Å². The van der Waals surface area contributed by atoms with Gasteiger partial charge in [-0.2, -0.15) is 0 Å². The third kappa shape index (κ3) is 10.3. The van der Waals surface area contributed by atoms with E-state index in [9.17, 15) is 4.79 Å². The Morgan fingerprint density at radius 1 is 1.10 bits per heavy atom. The number of amides is 1. The average Bonchev–Trinajstić information content (AvgIpc) is 3.10. The first kappa shape index (κ1) is 28.4. The number of carbonyl (C=O) groups is 1. The molecule has 2 N–H and O–H groups in total. The van der Waals surface area contributed by atoms with Gasteiger partial charge in [0.05, 0.1) is 6.04 Å². The summed E-state index contributed by atoms with van der Waals surface area (Å²) in [7, 11) is 5.51. The summed E-state index contributed by atoms with van der Waals surface area (Å²) in [5.41, 5.74) is 0. The minimum atomic E-state index is 0. The Morgan fingerprint density at radius 2 is 1.69 bits per heavy atom. The van der Waals surface area contributed by atoms with Crippen LogP contribution in [0, 0.1) is 0 Å². The van der Waals surface area contributed by atoms with Gasteiger partial charge < -0.3 is 15.5 Å². The summed E-state index contributed by atoms with van der Waals surface area (Å²) in [6.07, 6.45) is 4.20. The third-order valence-electron chi connectivity index (χ3n) is 5.44. The first-order valence-corrected chi connectivity index (χ1v) is 10.9. The van der Waals surface area contributed by atoms with E-state index in [0.29, 0.717) is 12.1 Å². The van der Waals surface area contributed by atoms with E-state index in [-0.39, 0.29) is 35.9 Å². The molecule has 0 aromatic rings. The number of hydrogen-bond acceptors (Lipinski definition) is 4. The lowest BCUT2D eigenvalue weighted by Crippen LogP contribution is -2.44. The summed E-state index contributed by atoms with van der Waals surface area (Å²) in [5, 5.41) is 6.81. The molecule has 29 heavy (non-hydrogen) atoms. The van der Waals surface area contributed by atoms with Crippen LogP contribution in [-0.4, -0.2) is 98.6 Å². The Hall–Kier alpha value is -0.610. The predicted molar refractivity (Wildman–Crippen MR) is 134 cm³/mol. The van der Waals surface area contributed by atoms with E-state index in [1.807, 2.05) is 21.1 Å². The number of carbonyl (C=O) groups excluding carboxylic acids is 1. The Labute approximate surface area is 196 Å². The Morgan fingerprint density at radius 3 is 2.21 bits per heavy atom. The molecule has 0 aromatic carbocycles. The first-order valence-electron chi connectivity index (χ1n) is 10.9. The number of rotatable bonds is 11. The number of likely N-dealkylation sites (tertiary alicyclic amines) is 1. The molecule has 0 saturated carbocycles. The van der Waals surface area contributed by atoms with Gasteiger partial charge in [0.1, 0.15) is 0 Å². The number of guanidine groups is 1. The van der Waals surface area contributed by atoms with Gasteiger partial charge in [-0.15, -0.1) is 24.0 Å². The van der Waals surface area contributed by atoms with Gasteiger partial charge in [-0.05, 0) is 59.9 Å². The molecule has 0 aliphatic carbocycles. The highest BCUT2D eigenvalue weighted by molar-refractivity contribution is 14.0. The molecule has 1 rings (SSSR count). The SMILES string of the molecule is CN=C(NCCCN1CCCC1C(=O)N(C)C)NCCCN(C(C)C)C(C)C.I. The van der Waals surface area contributed by atoms with Crippen molar-refractivity contribution in [3.63, 3.8) is 0 Å². The molecule has 1 aliphatic rings. The van der Waals surface area contributed by atoms with Crippen molar-refractivity contribution < 1.29 is 4.79 Å². The Bertz CT molecular complexity index is 476. The topological polar surface area (TPSA) is 63.2 Å². The van der Waals surface area contributed by atoms with Gasteiger partial charge in [0.15, 0.2) is 5.96 Å². The number of halogens is 1. The van der Waals surface area contributed by atoms with Crippen molar-refractivity contribution in [1.82, 2.24) is 25.3 Å². The Balaban J connectivity index is 0.00000784. The van der Waals surface area contributed by atoms with Crippen LogP contribution in [0.15, 0.2) is 4.99 Å². The number of nitrogens with one attached hydrogen (secondary N) is 2. The van der Waals surface area contributed by atoms with Gasteiger partial charge in [0.2, 0.25) is 5.91 Å². The quantitative estimate of drug-likeness (QED) is 0.188. The molecule has 0 spiro atoms. The number of hydrogen-bond donors (Lipinski definition) is 2. The first-order chi connectivity index (χ1) is 13.3. The van der Waals surface area contributed by atoms with Gasteiger partial charge in [-0.3, -0.25) is 19.6 Å². The molecule has 172 valence electrons. The third-order valence-corrected chi connectivity index (χ3v) is 5.44. The van der Waals surface area contributed by atoms with Crippen LogP contribution >= 0.6 is 24.0 Å². The van der Waals surface area contributed by atoms with Crippen molar-refractivity contribution >= 4 is 35.8 Å². The number of likely N-dealkylation sites (N-methyl/N-ethyl adjacent to an activating group) is 1. The summed E-state index contributed by atoms with van der Waals surface area (Å²) in [4.78, 5) is 23.1. The molecular weight excluding hydrogens is 479 g/mol. The van der Waals surface area contributed by atoms with Crippen LogP contribution < -0.4 is 10.6 Å².